The predicted molar refractivity (Wildman–Crippen MR) is 72.1 cm³/mol. The van der Waals surface area contributed by atoms with E-state index >= 15 is 0 Å². The van der Waals surface area contributed by atoms with Gasteiger partial charge in [-0.25, -0.2) is 0 Å². The first-order valence-corrected chi connectivity index (χ1v) is 7.06. The molecule has 0 aromatic heterocycles. The summed E-state index contributed by atoms with van der Waals surface area (Å²) >= 11 is 0. The number of carbonyl (C=O) groups is 2. The Morgan fingerprint density at radius 2 is 1.94 bits per heavy atom. The summed E-state index contributed by atoms with van der Waals surface area (Å²) in [6.45, 7) is 4.30. The number of nitrogens with two attached hydrogens (primary N) is 1. The van der Waals surface area contributed by atoms with E-state index in [0.29, 0.717) is 12.3 Å². The molecule has 1 atom stereocenters. The molecule has 4 heteroatoms. The molecule has 1 aliphatic carbocycles. The zero-order chi connectivity index (χ0) is 13.5. The topological polar surface area (TPSA) is 63.4 Å². The summed E-state index contributed by atoms with van der Waals surface area (Å²) in [5, 5.41) is 0. The number of amides is 1. The van der Waals surface area contributed by atoms with E-state index in [1.807, 2.05) is 0 Å². The van der Waals surface area contributed by atoms with Gasteiger partial charge in [-0.3, -0.25) is 4.79 Å². The van der Waals surface area contributed by atoms with Crippen molar-refractivity contribution in [3.8, 4) is 0 Å². The predicted octanol–water partition coefficient (Wildman–Crippen LogP) is 1.72. The van der Waals surface area contributed by atoms with Crippen molar-refractivity contribution in [1.82, 2.24) is 4.90 Å². The Balaban J connectivity index is 2.64. The SMILES string of the molecule is CC(C)C[C@H](N)C(=O)N(CC=O)C1CCCCC1. The summed E-state index contributed by atoms with van der Waals surface area (Å²) in [4.78, 5) is 24.8. The van der Waals surface area contributed by atoms with Crippen LogP contribution < -0.4 is 5.73 Å². The second-order valence-electron chi connectivity index (χ2n) is 5.69. The van der Waals surface area contributed by atoms with Crippen LogP contribution in [0.3, 0.4) is 0 Å². The highest BCUT2D eigenvalue weighted by molar-refractivity contribution is 5.83. The van der Waals surface area contributed by atoms with Crippen molar-refractivity contribution in [2.45, 2.75) is 64.5 Å². The second kappa shape index (κ2) is 7.52. The van der Waals surface area contributed by atoms with Crippen molar-refractivity contribution in [1.29, 1.82) is 0 Å². The molecule has 1 rings (SSSR count). The van der Waals surface area contributed by atoms with Gasteiger partial charge in [0, 0.05) is 6.04 Å². The summed E-state index contributed by atoms with van der Waals surface area (Å²) in [6, 6.07) is -0.249. The van der Waals surface area contributed by atoms with Gasteiger partial charge in [0.2, 0.25) is 5.91 Å². The van der Waals surface area contributed by atoms with Crippen molar-refractivity contribution < 1.29 is 9.59 Å². The molecular weight excluding hydrogens is 228 g/mol. The maximum Gasteiger partial charge on any atom is 0.240 e. The van der Waals surface area contributed by atoms with Gasteiger partial charge < -0.3 is 15.4 Å². The van der Waals surface area contributed by atoms with Crippen LogP contribution in [-0.4, -0.2) is 35.7 Å². The van der Waals surface area contributed by atoms with Gasteiger partial charge >= 0.3 is 0 Å². The molecule has 0 unspecified atom stereocenters. The molecule has 0 saturated heterocycles. The van der Waals surface area contributed by atoms with Crippen molar-refractivity contribution in [3.63, 3.8) is 0 Å². The second-order valence-corrected chi connectivity index (χ2v) is 5.69. The summed E-state index contributed by atoms with van der Waals surface area (Å²) in [6.07, 6.45) is 7.04. The van der Waals surface area contributed by atoms with Crippen LogP contribution >= 0.6 is 0 Å². The van der Waals surface area contributed by atoms with Crippen molar-refractivity contribution in [2.24, 2.45) is 11.7 Å². The van der Waals surface area contributed by atoms with Crippen LogP contribution in [0.4, 0.5) is 0 Å². The van der Waals surface area contributed by atoms with E-state index in [1.165, 1.54) is 6.42 Å². The number of aldehydes is 1. The molecule has 0 aromatic rings. The fraction of sp³-hybridized carbons (Fsp3) is 0.857. The molecule has 0 bridgehead atoms. The third kappa shape index (κ3) is 4.41. The lowest BCUT2D eigenvalue weighted by molar-refractivity contribution is -0.137. The van der Waals surface area contributed by atoms with E-state index in [9.17, 15) is 9.59 Å². The molecule has 4 nitrogen and oxygen atoms in total. The number of hydrogen-bond donors (Lipinski definition) is 1. The summed E-state index contributed by atoms with van der Waals surface area (Å²) in [5.41, 5.74) is 5.95. The van der Waals surface area contributed by atoms with Crippen LogP contribution in [0.15, 0.2) is 0 Å². The maximum atomic E-state index is 12.3. The molecule has 1 amide bonds. The van der Waals surface area contributed by atoms with E-state index in [4.69, 9.17) is 5.73 Å². The Kier molecular flexibility index (Phi) is 6.33. The minimum absolute atomic E-state index is 0.0531. The van der Waals surface area contributed by atoms with Gasteiger partial charge in [-0.1, -0.05) is 33.1 Å². The third-order valence-electron chi connectivity index (χ3n) is 3.61. The Morgan fingerprint density at radius 3 is 2.44 bits per heavy atom. The number of rotatable bonds is 6. The molecule has 104 valence electrons. The van der Waals surface area contributed by atoms with E-state index in [0.717, 1.165) is 32.0 Å². The quantitative estimate of drug-likeness (QED) is 0.734. The first-order valence-electron chi connectivity index (χ1n) is 7.06. The van der Waals surface area contributed by atoms with Crippen LogP contribution in [0, 0.1) is 5.92 Å². The monoisotopic (exact) mass is 254 g/mol. The smallest absolute Gasteiger partial charge is 0.240 e. The van der Waals surface area contributed by atoms with Gasteiger partial charge in [0.1, 0.15) is 6.29 Å². The number of carbonyl (C=O) groups excluding carboxylic acids is 2. The highest BCUT2D eigenvalue weighted by Crippen LogP contribution is 2.23. The standard InChI is InChI=1S/C14H26N2O2/c1-11(2)10-13(15)14(18)16(8-9-17)12-6-4-3-5-7-12/h9,11-13H,3-8,10,15H2,1-2H3/t13-/m0/s1. The van der Waals surface area contributed by atoms with Crippen molar-refractivity contribution in [3.05, 3.63) is 0 Å². The van der Waals surface area contributed by atoms with Gasteiger partial charge in [-0.2, -0.15) is 0 Å². The zero-order valence-electron chi connectivity index (χ0n) is 11.6. The van der Waals surface area contributed by atoms with Crippen LogP contribution in [0.5, 0.6) is 0 Å². The van der Waals surface area contributed by atoms with Crippen molar-refractivity contribution in [2.75, 3.05) is 6.54 Å². The molecule has 0 aromatic carbocycles. The normalized spacial score (nSPS) is 18.7. The lowest BCUT2D eigenvalue weighted by Crippen LogP contribution is -2.50. The van der Waals surface area contributed by atoms with Crippen LogP contribution in [0.25, 0.3) is 0 Å². The average Bonchev–Trinajstić information content (AvgIpc) is 2.35. The van der Waals surface area contributed by atoms with Gasteiger partial charge in [-0.05, 0) is 25.2 Å². The van der Waals surface area contributed by atoms with E-state index in [-0.39, 0.29) is 18.5 Å². The van der Waals surface area contributed by atoms with Crippen molar-refractivity contribution >= 4 is 12.2 Å². The number of hydrogen-bond acceptors (Lipinski definition) is 3. The summed E-state index contributed by atoms with van der Waals surface area (Å²) in [7, 11) is 0. The Hall–Kier alpha value is -0.900. The fourth-order valence-corrected chi connectivity index (χ4v) is 2.71. The lowest BCUT2D eigenvalue weighted by Gasteiger charge is -2.35. The van der Waals surface area contributed by atoms with E-state index in [1.54, 1.807) is 4.90 Å². The fourth-order valence-electron chi connectivity index (χ4n) is 2.71. The van der Waals surface area contributed by atoms with Crippen LogP contribution in [0.1, 0.15) is 52.4 Å². The first-order chi connectivity index (χ1) is 8.56. The van der Waals surface area contributed by atoms with Gasteiger partial charge in [-0.15, -0.1) is 0 Å². The average molecular weight is 254 g/mol. The third-order valence-corrected chi connectivity index (χ3v) is 3.61. The molecule has 2 N–H and O–H groups in total. The van der Waals surface area contributed by atoms with Gasteiger partial charge in [0.15, 0.2) is 0 Å². The van der Waals surface area contributed by atoms with E-state index in [2.05, 4.69) is 13.8 Å². The zero-order valence-corrected chi connectivity index (χ0v) is 11.6. The Bertz CT molecular complexity index is 273. The molecule has 1 aliphatic rings. The molecule has 0 spiro atoms. The molecule has 0 heterocycles. The van der Waals surface area contributed by atoms with E-state index < -0.39 is 6.04 Å². The molecule has 0 radical (unpaired) electrons. The van der Waals surface area contributed by atoms with Crippen LogP contribution in [0.2, 0.25) is 0 Å². The minimum Gasteiger partial charge on any atom is -0.331 e. The Morgan fingerprint density at radius 1 is 1.33 bits per heavy atom. The highest BCUT2D eigenvalue weighted by atomic mass is 16.2. The van der Waals surface area contributed by atoms with Gasteiger partial charge in [0.25, 0.3) is 0 Å². The largest absolute Gasteiger partial charge is 0.331 e. The van der Waals surface area contributed by atoms with Gasteiger partial charge in [0.05, 0.1) is 12.6 Å². The molecule has 0 aliphatic heterocycles. The molecule has 1 fully saturated rings. The Labute approximate surface area is 110 Å². The number of nitrogens with zero attached hydrogens (tertiary/aromatic N) is 1. The molecular formula is C14H26N2O2. The highest BCUT2D eigenvalue weighted by Gasteiger charge is 2.28. The maximum absolute atomic E-state index is 12.3. The summed E-state index contributed by atoms with van der Waals surface area (Å²) < 4.78 is 0. The van der Waals surface area contributed by atoms with Crippen LogP contribution in [-0.2, 0) is 9.59 Å². The first kappa shape index (κ1) is 15.2. The lowest BCUT2D eigenvalue weighted by atomic mass is 9.93. The molecule has 18 heavy (non-hydrogen) atoms. The summed E-state index contributed by atoms with van der Waals surface area (Å²) in [5.74, 6) is 0.344. The molecule has 1 saturated carbocycles. The minimum atomic E-state index is -0.466.